The maximum absolute atomic E-state index is 9.72. The summed E-state index contributed by atoms with van der Waals surface area (Å²) in [4.78, 5) is 6.96. The van der Waals surface area contributed by atoms with Gasteiger partial charge < -0.3 is 15.3 Å². The highest BCUT2D eigenvalue weighted by molar-refractivity contribution is 9.10. The van der Waals surface area contributed by atoms with Crippen molar-refractivity contribution in [3.8, 4) is 0 Å². The van der Waals surface area contributed by atoms with Crippen LogP contribution in [0, 0.1) is 0 Å². The standard InChI is InChI=1S/C17H26BrN3O/c1-4-19-16(21-9-8-15(22)11-21)20-12-17(2,3)13-6-5-7-14(18)10-13/h5-7,10,15,22H,4,8-9,11-12H2,1-3H3,(H,19,20)/t15-/m1/s1. The second kappa shape index (κ2) is 7.47. The SMILES string of the molecule is CCNC(=NCC(C)(C)c1cccc(Br)c1)N1CC[C@@H](O)C1. The van der Waals surface area contributed by atoms with E-state index < -0.39 is 0 Å². The van der Waals surface area contributed by atoms with Gasteiger partial charge in [0, 0.05) is 29.5 Å². The number of aliphatic hydroxyl groups is 1. The average molecular weight is 368 g/mol. The second-order valence-electron chi connectivity index (χ2n) is 6.45. The molecule has 22 heavy (non-hydrogen) atoms. The number of benzene rings is 1. The molecular weight excluding hydrogens is 342 g/mol. The summed E-state index contributed by atoms with van der Waals surface area (Å²) in [6, 6.07) is 8.40. The van der Waals surface area contributed by atoms with E-state index in [4.69, 9.17) is 4.99 Å². The number of hydrogen-bond acceptors (Lipinski definition) is 2. The lowest BCUT2D eigenvalue weighted by molar-refractivity contribution is 0.187. The van der Waals surface area contributed by atoms with E-state index in [1.54, 1.807) is 0 Å². The number of likely N-dealkylation sites (tertiary alicyclic amines) is 1. The minimum absolute atomic E-state index is 0.0389. The first-order valence-corrected chi connectivity index (χ1v) is 8.69. The molecule has 1 aliphatic heterocycles. The Kier molecular flexibility index (Phi) is 5.87. The van der Waals surface area contributed by atoms with Crippen molar-refractivity contribution >= 4 is 21.9 Å². The summed E-state index contributed by atoms with van der Waals surface area (Å²) in [5.41, 5.74) is 1.23. The van der Waals surface area contributed by atoms with Gasteiger partial charge in [-0.3, -0.25) is 4.99 Å². The van der Waals surface area contributed by atoms with Crippen LogP contribution < -0.4 is 5.32 Å². The third-order valence-electron chi connectivity index (χ3n) is 4.03. The van der Waals surface area contributed by atoms with Crippen LogP contribution in [0.15, 0.2) is 33.7 Å². The fraction of sp³-hybridized carbons (Fsp3) is 0.588. The van der Waals surface area contributed by atoms with Gasteiger partial charge in [0.2, 0.25) is 0 Å². The highest BCUT2D eigenvalue weighted by Crippen LogP contribution is 2.26. The molecule has 0 amide bonds. The Bertz CT molecular complexity index is 530. The minimum Gasteiger partial charge on any atom is -0.391 e. The molecular formula is C17H26BrN3O. The zero-order valence-electron chi connectivity index (χ0n) is 13.6. The van der Waals surface area contributed by atoms with Crippen molar-refractivity contribution in [1.82, 2.24) is 10.2 Å². The molecule has 1 fully saturated rings. The van der Waals surface area contributed by atoms with Gasteiger partial charge in [0.25, 0.3) is 0 Å². The van der Waals surface area contributed by atoms with Crippen LogP contribution in [0.1, 0.15) is 32.8 Å². The second-order valence-corrected chi connectivity index (χ2v) is 7.37. The summed E-state index contributed by atoms with van der Waals surface area (Å²) in [7, 11) is 0. The number of nitrogens with zero attached hydrogens (tertiary/aromatic N) is 2. The predicted molar refractivity (Wildman–Crippen MR) is 95.3 cm³/mol. The van der Waals surface area contributed by atoms with Gasteiger partial charge in [-0.15, -0.1) is 0 Å². The van der Waals surface area contributed by atoms with E-state index in [0.717, 1.165) is 29.9 Å². The van der Waals surface area contributed by atoms with Gasteiger partial charge in [-0.05, 0) is 31.0 Å². The van der Waals surface area contributed by atoms with Gasteiger partial charge in [0.15, 0.2) is 5.96 Å². The zero-order chi connectivity index (χ0) is 16.2. The van der Waals surface area contributed by atoms with Gasteiger partial charge >= 0.3 is 0 Å². The van der Waals surface area contributed by atoms with Gasteiger partial charge in [-0.1, -0.05) is 41.9 Å². The van der Waals surface area contributed by atoms with E-state index >= 15 is 0 Å². The summed E-state index contributed by atoms with van der Waals surface area (Å²) in [6.45, 7) is 9.57. The van der Waals surface area contributed by atoms with Crippen LogP contribution in [0.2, 0.25) is 0 Å². The van der Waals surface area contributed by atoms with Crippen molar-refractivity contribution in [1.29, 1.82) is 0 Å². The number of aliphatic hydroxyl groups excluding tert-OH is 1. The molecule has 2 N–H and O–H groups in total. The molecule has 1 atom stereocenters. The lowest BCUT2D eigenvalue weighted by Gasteiger charge is -2.26. The Balaban J connectivity index is 2.11. The van der Waals surface area contributed by atoms with Crippen molar-refractivity contribution in [3.63, 3.8) is 0 Å². The van der Waals surface area contributed by atoms with Gasteiger partial charge in [0.1, 0.15) is 0 Å². The van der Waals surface area contributed by atoms with Crippen LogP contribution in [-0.4, -0.2) is 48.2 Å². The molecule has 1 aromatic rings. The molecule has 0 radical (unpaired) electrons. The van der Waals surface area contributed by atoms with Crippen molar-refractivity contribution in [2.24, 2.45) is 4.99 Å². The van der Waals surface area contributed by atoms with Crippen molar-refractivity contribution in [3.05, 3.63) is 34.3 Å². The van der Waals surface area contributed by atoms with Crippen molar-refractivity contribution in [2.75, 3.05) is 26.2 Å². The summed E-state index contributed by atoms with van der Waals surface area (Å²) in [5.74, 6) is 0.905. The predicted octanol–water partition coefficient (Wildman–Crippen LogP) is 2.76. The molecule has 0 aliphatic carbocycles. The van der Waals surface area contributed by atoms with Crippen LogP contribution >= 0.6 is 15.9 Å². The lowest BCUT2D eigenvalue weighted by atomic mass is 9.85. The summed E-state index contributed by atoms with van der Waals surface area (Å²) >= 11 is 3.54. The van der Waals surface area contributed by atoms with Crippen LogP contribution in [0.25, 0.3) is 0 Å². The molecule has 0 saturated carbocycles. The van der Waals surface area contributed by atoms with E-state index in [1.807, 2.05) is 6.07 Å². The summed E-state index contributed by atoms with van der Waals surface area (Å²) in [6.07, 6.45) is 0.585. The van der Waals surface area contributed by atoms with E-state index in [9.17, 15) is 5.11 Å². The molecule has 1 saturated heterocycles. The Morgan fingerprint density at radius 2 is 2.27 bits per heavy atom. The summed E-state index contributed by atoms with van der Waals surface area (Å²) in [5, 5.41) is 13.1. The number of rotatable bonds is 4. The van der Waals surface area contributed by atoms with Crippen molar-refractivity contribution in [2.45, 2.75) is 38.7 Å². The van der Waals surface area contributed by atoms with Crippen LogP contribution in [-0.2, 0) is 5.41 Å². The zero-order valence-corrected chi connectivity index (χ0v) is 15.2. The highest BCUT2D eigenvalue weighted by atomic mass is 79.9. The van der Waals surface area contributed by atoms with Crippen LogP contribution in [0.4, 0.5) is 0 Å². The third-order valence-corrected chi connectivity index (χ3v) is 4.52. The number of aliphatic imine (C=N–C) groups is 1. The summed E-state index contributed by atoms with van der Waals surface area (Å²) < 4.78 is 1.09. The normalized spacial score (nSPS) is 19.6. The molecule has 0 aromatic heterocycles. The first kappa shape index (κ1) is 17.3. The topological polar surface area (TPSA) is 47.9 Å². The molecule has 1 aromatic carbocycles. The Morgan fingerprint density at radius 3 is 2.86 bits per heavy atom. The number of hydrogen-bond donors (Lipinski definition) is 2. The van der Waals surface area contributed by atoms with E-state index in [2.05, 4.69) is 65.1 Å². The third kappa shape index (κ3) is 4.46. The average Bonchev–Trinajstić information content (AvgIpc) is 2.90. The van der Waals surface area contributed by atoms with Crippen LogP contribution in [0.5, 0.6) is 0 Å². The molecule has 1 aliphatic rings. The number of guanidine groups is 1. The molecule has 0 spiro atoms. The van der Waals surface area contributed by atoms with Gasteiger partial charge in [0.05, 0.1) is 12.6 Å². The monoisotopic (exact) mass is 367 g/mol. The van der Waals surface area contributed by atoms with Gasteiger partial charge in [-0.2, -0.15) is 0 Å². The number of β-amino-alcohol motifs (C(OH)–C–C–N with tert-alkyl or cyclic N) is 1. The molecule has 4 nitrogen and oxygen atoms in total. The molecule has 2 rings (SSSR count). The minimum atomic E-state index is -0.234. The van der Waals surface area contributed by atoms with Crippen LogP contribution in [0.3, 0.4) is 0 Å². The Hall–Kier alpha value is -1.07. The fourth-order valence-corrected chi connectivity index (χ4v) is 3.03. The number of nitrogens with one attached hydrogen (secondary N) is 1. The van der Waals surface area contributed by atoms with Crippen molar-refractivity contribution < 1.29 is 5.11 Å². The molecule has 122 valence electrons. The quantitative estimate of drug-likeness (QED) is 0.635. The van der Waals surface area contributed by atoms with E-state index in [0.29, 0.717) is 13.1 Å². The molecule has 0 unspecified atom stereocenters. The Labute approximate surface area is 141 Å². The molecule has 0 bridgehead atoms. The molecule has 5 heteroatoms. The van der Waals surface area contributed by atoms with E-state index in [-0.39, 0.29) is 11.5 Å². The van der Waals surface area contributed by atoms with E-state index in [1.165, 1.54) is 5.56 Å². The smallest absolute Gasteiger partial charge is 0.194 e. The first-order chi connectivity index (χ1) is 10.4. The Morgan fingerprint density at radius 1 is 1.50 bits per heavy atom. The maximum atomic E-state index is 9.72. The number of halogens is 1. The maximum Gasteiger partial charge on any atom is 0.194 e. The fourth-order valence-electron chi connectivity index (χ4n) is 2.63. The lowest BCUT2D eigenvalue weighted by Crippen LogP contribution is -2.41. The first-order valence-electron chi connectivity index (χ1n) is 7.90. The largest absolute Gasteiger partial charge is 0.391 e. The molecule has 1 heterocycles. The highest BCUT2D eigenvalue weighted by Gasteiger charge is 2.25. The van der Waals surface area contributed by atoms with Gasteiger partial charge in [-0.25, -0.2) is 0 Å².